The number of ether oxygens (including phenoxy) is 1. The molecule has 1 fully saturated rings. The van der Waals surface area contributed by atoms with Crippen molar-refractivity contribution in [3.63, 3.8) is 0 Å². The van der Waals surface area contributed by atoms with Gasteiger partial charge in [0.25, 0.3) is 0 Å². The molecule has 0 radical (unpaired) electrons. The monoisotopic (exact) mass is 429 g/mol. The van der Waals surface area contributed by atoms with Gasteiger partial charge in [-0.3, -0.25) is 9.69 Å². The van der Waals surface area contributed by atoms with Crippen molar-refractivity contribution in [2.24, 2.45) is 0 Å². The van der Waals surface area contributed by atoms with Crippen molar-refractivity contribution in [3.8, 4) is 5.75 Å². The smallest absolute Gasteiger partial charge is 0.243 e. The number of piperazine rings is 1. The summed E-state index contributed by atoms with van der Waals surface area (Å²) in [5.41, 5.74) is 1.59. The molecule has 0 aliphatic carbocycles. The summed E-state index contributed by atoms with van der Waals surface area (Å²) in [5, 5.41) is 2.63. The molecular formula is C22H27N3O4S. The highest BCUT2D eigenvalue weighted by Crippen LogP contribution is 2.29. The Morgan fingerprint density at radius 2 is 1.80 bits per heavy atom. The van der Waals surface area contributed by atoms with E-state index in [4.69, 9.17) is 4.74 Å². The van der Waals surface area contributed by atoms with Gasteiger partial charge in [-0.1, -0.05) is 42.5 Å². The molecule has 1 N–H and O–H groups in total. The summed E-state index contributed by atoms with van der Waals surface area (Å²) in [5.74, 6) is 0.0669. The molecule has 1 aliphatic rings. The third-order valence-electron chi connectivity index (χ3n) is 4.93. The van der Waals surface area contributed by atoms with Crippen LogP contribution in [0.4, 0.5) is 5.69 Å². The van der Waals surface area contributed by atoms with Crippen molar-refractivity contribution in [1.29, 1.82) is 0 Å². The summed E-state index contributed by atoms with van der Waals surface area (Å²) in [6.45, 7) is 4.36. The maximum atomic E-state index is 13.0. The normalized spacial score (nSPS) is 15.9. The molecule has 1 saturated heterocycles. The van der Waals surface area contributed by atoms with Gasteiger partial charge < -0.3 is 10.1 Å². The van der Waals surface area contributed by atoms with Crippen LogP contribution in [0.25, 0.3) is 6.08 Å². The van der Waals surface area contributed by atoms with E-state index in [1.165, 1.54) is 30.5 Å². The number of carbonyl (C=O) groups is 1. The molecule has 2 aromatic carbocycles. The lowest BCUT2D eigenvalue weighted by Gasteiger charge is -2.33. The number of carbonyl (C=O) groups excluding carboxylic acids is 1. The van der Waals surface area contributed by atoms with E-state index in [0.29, 0.717) is 37.6 Å². The van der Waals surface area contributed by atoms with E-state index in [-0.39, 0.29) is 10.8 Å². The number of sulfonamides is 1. The standard InChI is InChI=1S/C22H27N3O4S/c1-18(26)23-21-11-10-20(17-22(21)29-2)30(27,28)25-15-13-24(14-16-25)12-6-9-19-7-4-3-5-8-19/h3-11,17H,12-16H2,1-2H3,(H,23,26). The molecule has 1 heterocycles. The minimum absolute atomic E-state index is 0.158. The average Bonchev–Trinajstić information content (AvgIpc) is 2.74. The first kappa shape index (κ1) is 22.0. The number of hydrogen-bond donors (Lipinski definition) is 1. The van der Waals surface area contributed by atoms with Gasteiger partial charge in [-0.05, 0) is 17.7 Å². The van der Waals surface area contributed by atoms with Gasteiger partial charge in [-0.25, -0.2) is 8.42 Å². The molecule has 1 aliphatic heterocycles. The highest BCUT2D eigenvalue weighted by molar-refractivity contribution is 7.89. The molecule has 7 nitrogen and oxygen atoms in total. The predicted molar refractivity (Wildman–Crippen MR) is 118 cm³/mol. The Morgan fingerprint density at radius 1 is 1.10 bits per heavy atom. The van der Waals surface area contributed by atoms with Crippen LogP contribution in [-0.4, -0.2) is 63.4 Å². The van der Waals surface area contributed by atoms with Gasteiger partial charge in [-0.15, -0.1) is 0 Å². The summed E-state index contributed by atoms with van der Waals surface area (Å²) in [6.07, 6.45) is 4.18. The van der Waals surface area contributed by atoms with Crippen LogP contribution >= 0.6 is 0 Å². The fourth-order valence-corrected chi connectivity index (χ4v) is 4.77. The predicted octanol–water partition coefficient (Wildman–Crippen LogP) is 2.67. The van der Waals surface area contributed by atoms with Crippen LogP contribution in [0.3, 0.4) is 0 Å². The van der Waals surface area contributed by atoms with Crippen LogP contribution in [0.1, 0.15) is 12.5 Å². The summed E-state index contributed by atoms with van der Waals surface area (Å²) in [4.78, 5) is 13.7. The molecular weight excluding hydrogens is 402 g/mol. The van der Waals surface area contributed by atoms with E-state index in [1.54, 1.807) is 6.07 Å². The number of benzene rings is 2. The maximum absolute atomic E-state index is 13.0. The molecule has 0 unspecified atom stereocenters. The minimum Gasteiger partial charge on any atom is -0.495 e. The molecule has 2 aromatic rings. The molecule has 0 bridgehead atoms. The molecule has 30 heavy (non-hydrogen) atoms. The highest BCUT2D eigenvalue weighted by Gasteiger charge is 2.29. The largest absolute Gasteiger partial charge is 0.495 e. The van der Waals surface area contributed by atoms with Gasteiger partial charge in [0.05, 0.1) is 17.7 Å². The quantitative estimate of drug-likeness (QED) is 0.732. The van der Waals surface area contributed by atoms with Crippen LogP contribution in [-0.2, 0) is 14.8 Å². The molecule has 3 rings (SSSR count). The Bertz CT molecular complexity index is 998. The fraction of sp³-hybridized carbons (Fsp3) is 0.318. The summed E-state index contributed by atoms with van der Waals surface area (Å²) >= 11 is 0. The second kappa shape index (κ2) is 9.88. The molecule has 1 amide bonds. The number of methoxy groups -OCH3 is 1. The third kappa shape index (κ3) is 5.47. The van der Waals surface area contributed by atoms with Crippen molar-refractivity contribution < 1.29 is 17.9 Å². The van der Waals surface area contributed by atoms with Crippen molar-refractivity contribution in [2.45, 2.75) is 11.8 Å². The number of nitrogens with zero attached hydrogens (tertiary/aromatic N) is 2. The SMILES string of the molecule is COc1cc(S(=O)(=O)N2CCN(CC=Cc3ccccc3)CC2)ccc1NC(C)=O. The van der Waals surface area contributed by atoms with Crippen LogP contribution in [0.2, 0.25) is 0 Å². The lowest BCUT2D eigenvalue weighted by molar-refractivity contribution is -0.114. The van der Waals surface area contributed by atoms with Gasteiger partial charge in [0, 0.05) is 45.7 Å². The van der Waals surface area contributed by atoms with Crippen molar-refractivity contribution >= 4 is 27.7 Å². The van der Waals surface area contributed by atoms with Gasteiger partial charge >= 0.3 is 0 Å². The highest BCUT2D eigenvalue weighted by atomic mass is 32.2. The van der Waals surface area contributed by atoms with E-state index in [9.17, 15) is 13.2 Å². The number of rotatable bonds is 7. The van der Waals surface area contributed by atoms with Crippen LogP contribution in [0, 0.1) is 0 Å². The van der Waals surface area contributed by atoms with Gasteiger partial charge in [0.15, 0.2) is 0 Å². The van der Waals surface area contributed by atoms with Crippen LogP contribution in [0.15, 0.2) is 59.5 Å². The minimum atomic E-state index is -3.63. The molecule has 160 valence electrons. The Labute approximate surface area is 178 Å². The number of amides is 1. The van der Waals surface area contributed by atoms with Crippen LogP contribution < -0.4 is 10.1 Å². The maximum Gasteiger partial charge on any atom is 0.243 e. The Balaban J connectivity index is 1.61. The van der Waals surface area contributed by atoms with Crippen molar-refractivity contribution in [1.82, 2.24) is 9.21 Å². The zero-order valence-electron chi connectivity index (χ0n) is 17.2. The summed E-state index contributed by atoms with van der Waals surface area (Å²) < 4.78 is 32.8. The molecule has 0 saturated carbocycles. The lowest BCUT2D eigenvalue weighted by Crippen LogP contribution is -2.48. The van der Waals surface area contributed by atoms with Crippen molar-refractivity contribution in [3.05, 3.63) is 60.2 Å². The van der Waals surface area contributed by atoms with Gasteiger partial charge in [-0.2, -0.15) is 4.31 Å². The Morgan fingerprint density at radius 3 is 2.43 bits per heavy atom. The first-order valence-corrected chi connectivity index (χ1v) is 11.2. The van der Waals surface area contributed by atoms with E-state index < -0.39 is 10.0 Å². The lowest BCUT2D eigenvalue weighted by atomic mass is 10.2. The average molecular weight is 430 g/mol. The van der Waals surface area contributed by atoms with E-state index in [0.717, 1.165) is 12.1 Å². The second-order valence-corrected chi connectivity index (χ2v) is 9.00. The number of hydrogen-bond acceptors (Lipinski definition) is 5. The summed E-state index contributed by atoms with van der Waals surface area (Å²) in [7, 11) is -2.19. The van der Waals surface area contributed by atoms with Crippen LogP contribution in [0.5, 0.6) is 5.75 Å². The first-order valence-electron chi connectivity index (χ1n) is 9.80. The topological polar surface area (TPSA) is 79.0 Å². The fourth-order valence-electron chi connectivity index (χ4n) is 3.33. The molecule has 0 aromatic heterocycles. The molecule has 8 heteroatoms. The van der Waals surface area contributed by atoms with Gasteiger partial charge in [0.1, 0.15) is 5.75 Å². The summed E-state index contributed by atoms with van der Waals surface area (Å²) in [6, 6.07) is 14.6. The number of anilines is 1. The van der Waals surface area contributed by atoms with E-state index in [2.05, 4.69) is 22.4 Å². The van der Waals surface area contributed by atoms with Crippen molar-refractivity contribution in [2.75, 3.05) is 45.2 Å². The Hall–Kier alpha value is -2.68. The second-order valence-electron chi connectivity index (χ2n) is 7.06. The third-order valence-corrected chi connectivity index (χ3v) is 6.82. The Kier molecular flexibility index (Phi) is 7.25. The zero-order valence-corrected chi connectivity index (χ0v) is 18.1. The number of nitrogens with one attached hydrogen (secondary N) is 1. The molecule has 0 spiro atoms. The zero-order chi connectivity index (χ0) is 21.6. The first-order chi connectivity index (χ1) is 14.4. The molecule has 0 atom stereocenters. The van der Waals surface area contributed by atoms with E-state index >= 15 is 0 Å². The van der Waals surface area contributed by atoms with E-state index in [1.807, 2.05) is 30.3 Å². The van der Waals surface area contributed by atoms with Gasteiger partial charge in [0.2, 0.25) is 15.9 Å².